The van der Waals surface area contributed by atoms with Crippen molar-refractivity contribution in [3.8, 4) is 5.75 Å². The second-order valence-corrected chi connectivity index (χ2v) is 6.67. The summed E-state index contributed by atoms with van der Waals surface area (Å²) in [6, 6.07) is 0. The van der Waals surface area contributed by atoms with Gasteiger partial charge in [0.25, 0.3) is 0 Å². The number of aromatic nitrogens is 1. The molecule has 2 heterocycles. The normalized spacial score (nSPS) is 24.8. The molecule has 1 aliphatic heterocycles. The van der Waals surface area contributed by atoms with Crippen molar-refractivity contribution in [2.24, 2.45) is 11.8 Å². The molecule has 2 aliphatic carbocycles. The zero-order valence-corrected chi connectivity index (χ0v) is 13.7. The number of rotatable bonds is 2. The van der Waals surface area contributed by atoms with Crippen LogP contribution in [0.15, 0.2) is 18.2 Å². The highest BCUT2D eigenvalue weighted by Gasteiger charge is 2.35. The Morgan fingerprint density at radius 3 is 2.92 bits per heavy atom. The number of hydrogen-bond acceptors (Lipinski definition) is 5. The van der Waals surface area contributed by atoms with Crippen molar-refractivity contribution < 1.29 is 19.2 Å². The second kappa shape index (κ2) is 6.09. The zero-order chi connectivity index (χ0) is 16.7. The van der Waals surface area contributed by atoms with Crippen molar-refractivity contribution in [2.75, 3.05) is 7.11 Å². The Balaban J connectivity index is 1.64. The van der Waals surface area contributed by atoms with Gasteiger partial charge in [-0.1, -0.05) is 12.2 Å². The number of pyridine rings is 1. The molecule has 0 atom stereocenters. The largest absolute Gasteiger partial charge is 0.552 e. The Morgan fingerprint density at radius 2 is 2.17 bits per heavy atom. The number of fused-ring (bicyclic) bond motifs is 3. The molecule has 1 fully saturated rings. The highest BCUT2D eigenvalue weighted by Crippen LogP contribution is 2.45. The molecular weight excluding hydrogens is 305 g/mol. The summed E-state index contributed by atoms with van der Waals surface area (Å²) in [7, 11) is 0.515. The summed E-state index contributed by atoms with van der Waals surface area (Å²) >= 11 is 0. The second-order valence-electron chi connectivity index (χ2n) is 6.67. The van der Waals surface area contributed by atoms with Crippen molar-refractivity contribution in [1.82, 2.24) is 4.98 Å². The first-order valence-electron chi connectivity index (χ1n) is 8.50. The number of carbonyl (C=O) groups excluding carboxylic acids is 1. The molecular formula is C18H20BNO4. The van der Waals surface area contributed by atoms with E-state index >= 15 is 0 Å². The van der Waals surface area contributed by atoms with Gasteiger partial charge in [-0.05, 0) is 43.1 Å². The SMILES string of the molecule is COC(=O)C1CCC(C2=CB(O)Oc3cnc4c(c32)C=CC4)CC1. The quantitative estimate of drug-likeness (QED) is 0.668. The van der Waals surface area contributed by atoms with E-state index in [2.05, 4.69) is 17.1 Å². The molecule has 6 heteroatoms. The van der Waals surface area contributed by atoms with Gasteiger partial charge in [0.05, 0.1) is 24.9 Å². The van der Waals surface area contributed by atoms with E-state index in [1.807, 2.05) is 5.98 Å². The van der Waals surface area contributed by atoms with Crippen LogP contribution >= 0.6 is 0 Å². The molecule has 0 aromatic carbocycles. The summed E-state index contributed by atoms with van der Waals surface area (Å²) in [4.78, 5) is 16.2. The molecule has 1 saturated carbocycles. The number of methoxy groups -OCH3 is 1. The summed E-state index contributed by atoms with van der Waals surface area (Å²) in [6.45, 7) is 0. The van der Waals surface area contributed by atoms with E-state index < -0.39 is 7.12 Å². The molecule has 0 bridgehead atoms. The molecule has 124 valence electrons. The summed E-state index contributed by atoms with van der Waals surface area (Å²) in [5, 5.41) is 10.1. The molecule has 1 N–H and O–H groups in total. The first-order valence-corrected chi connectivity index (χ1v) is 8.50. The van der Waals surface area contributed by atoms with E-state index in [0.29, 0.717) is 11.7 Å². The average Bonchev–Trinajstić information content (AvgIpc) is 3.09. The maximum atomic E-state index is 11.7. The summed E-state index contributed by atoms with van der Waals surface area (Å²) in [5.74, 6) is 2.68. The maximum Gasteiger partial charge on any atom is 0.552 e. The Bertz CT molecular complexity index is 735. The molecule has 1 aromatic rings. The number of ether oxygens (including phenoxy) is 1. The van der Waals surface area contributed by atoms with Crippen LogP contribution in [0.3, 0.4) is 0 Å². The highest BCUT2D eigenvalue weighted by molar-refractivity contribution is 6.52. The zero-order valence-electron chi connectivity index (χ0n) is 13.7. The third-order valence-corrected chi connectivity index (χ3v) is 5.32. The van der Waals surface area contributed by atoms with E-state index in [1.165, 1.54) is 7.11 Å². The monoisotopic (exact) mass is 325 g/mol. The fourth-order valence-electron chi connectivity index (χ4n) is 4.11. The summed E-state index contributed by atoms with van der Waals surface area (Å²) in [6.07, 6.45) is 10.2. The van der Waals surface area contributed by atoms with Gasteiger partial charge in [0.2, 0.25) is 0 Å². The highest BCUT2D eigenvalue weighted by atomic mass is 16.5. The smallest absolute Gasteiger partial charge is 0.531 e. The Labute approximate surface area is 141 Å². The van der Waals surface area contributed by atoms with Crippen LogP contribution in [0.2, 0.25) is 0 Å². The van der Waals surface area contributed by atoms with Gasteiger partial charge in [0, 0.05) is 17.5 Å². The third-order valence-electron chi connectivity index (χ3n) is 5.32. The molecule has 5 nitrogen and oxygen atoms in total. The van der Waals surface area contributed by atoms with E-state index in [4.69, 9.17) is 9.39 Å². The van der Waals surface area contributed by atoms with Crippen LogP contribution < -0.4 is 4.65 Å². The van der Waals surface area contributed by atoms with Crippen LogP contribution in [0.25, 0.3) is 11.6 Å². The first kappa shape index (κ1) is 15.5. The lowest BCUT2D eigenvalue weighted by Gasteiger charge is -2.32. The maximum absolute atomic E-state index is 11.7. The topological polar surface area (TPSA) is 68.7 Å². The Morgan fingerprint density at radius 1 is 1.38 bits per heavy atom. The molecule has 24 heavy (non-hydrogen) atoms. The Hall–Kier alpha value is -2.08. The minimum atomic E-state index is -0.934. The van der Waals surface area contributed by atoms with Gasteiger partial charge >= 0.3 is 13.1 Å². The lowest BCUT2D eigenvalue weighted by atomic mass is 9.70. The Kier molecular flexibility index (Phi) is 3.92. The lowest BCUT2D eigenvalue weighted by molar-refractivity contribution is -0.146. The third kappa shape index (κ3) is 2.55. The predicted molar refractivity (Wildman–Crippen MR) is 91.0 cm³/mol. The van der Waals surface area contributed by atoms with E-state index in [0.717, 1.165) is 54.5 Å². The molecule has 0 unspecified atom stereocenters. The fraction of sp³-hybridized carbons (Fsp3) is 0.444. The molecule has 0 saturated heterocycles. The van der Waals surface area contributed by atoms with Gasteiger partial charge in [-0.3, -0.25) is 9.78 Å². The molecule has 0 amide bonds. The summed E-state index contributed by atoms with van der Waals surface area (Å²) in [5.41, 5.74) is 4.38. The van der Waals surface area contributed by atoms with Crippen LogP contribution in [0.5, 0.6) is 5.75 Å². The average molecular weight is 325 g/mol. The van der Waals surface area contributed by atoms with E-state index in [-0.39, 0.29) is 11.9 Å². The standard InChI is InChI=1S/C18H20BNO4/c1-23-18(21)12-7-5-11(6-8-12)14-9-19(22)24-16-10-20-15-4-2-3-13(15)17(14)16/h2-3,9-12,22H,4-8H2,1H3. The van der Waals surface area contributed by atoms with Gasteiger partial charge in [-0.2, -0.15) is 0 Å². The van der Waals surface area contributed by atoms with Crippen molar-refractivity contribution in [1.29, 1.82) is 0 Å². The van der Waals surface area contributed by atoms with Crippen molar-refractivity contribution >= 4 is 24.7 Å². The van der Waals surface area contributed by atoms with Gasteiger partial charge in [0.1, 0.15) is 5.75 Å². The summed E-state index contributed by atoms with van der Waals surface area (Å²) < 4.78 is 10.4. The fourth-order valence-corrected chi connectivity index (χ4v) is 4.11. The van der Waals surface area contributed by atoms with Crippen LogP contribution in [-0.2, 0) is 16.0 Å². The molecule has 3 aliphatic rings. The van der Waals surface area contributed by atoms with Gasteiger partial charge in [-0.25, -0.2) is 0 Å². The lowest BCUT2D eigenvalue weighted by Crippen LogP contribution is -2.28. The number of hydrogen-bond donors (Lipinski definition) is 1. The number of esters is 1. The molecule has 0 radical (unpaired) electrons. The minimum absolute atomic E-state index is 0.000801. The van der Waals surface area contributed by atoms with Crippen molar-refractivity contribution in [2.45, 2.75) is 32.1 Å². The molecule has 1 aromatic heterocycles. The van der Waals surface area contributed by atoms with Gasteiger partial charge in [0.15, 0.2) is 0 Å². The van der Waals surface area contributed by atoms with Crippen LogP contribution in [0, 0.1) is 11.8 Å². The first-order chi connectivity index (χ1) is 11.7. The number of allylic oxidation sites excluding steroid dienone is 2. The predicted octanol–water partition coefficient (Wildman–Crippen LogP) is 2.43. The van der Waals surface area contributed by atoms with Crippen molar-refractivity contribution in [3.63, 3.8) is 0 Å². The van der Waals surface area contributed by atoms with Crippen molar-refractivity contribution in [3.05, 3.63) is 35.1 Å². The van der Waals surface area contributed by atoms with E-state index in [1.54, 1.807) is 6.20 Å². The molecule has 0 spiro atoms. The minimum Gasteiger partial charge on any atom is -0.531 e. The number of nitrogens with zero attached hydrogens (tertiary/aromatic N) is 1. The number of carbonyl (C=O) groups is 1. The van der Waals surface area contributed by atoms with E-state index in [9.17, 15) is 9.82 Å². The van der Waals surface area contributed by atoms with Crippen LogP contribution in [-0.4, -0.2) is 30.2 Å². The van der Waals surface area contributed by atoms with Crippen LogP contribution in [0.4, 0.5) is 0 Å². The van der Waals surface area contributed by atoms with Gasteiger partial charge in [-0.15, -0.1) is 0 Å². The van der Waals surface area contributed by atoms with Gasteiger partial charge < -0.3 is 14.4 Å². The van der Waals surface area contributed by atoms with Crippen LogP contribution in [0.1, 0.15) is 42.5 Å². The molecule has 4 rings (SSSR count).